The van der Waals surface area contributed by atoms with Gasteiger partial charge in [0.2, 0.25) is 0 Å². The van der Waals surface area contributed by atoms with Gasteiger partial charge in [0.25, 0.3) is 0 Å². The minimum atomic E-state index is 0.726. The molecule has 0 aromatic rings. The number of rotatable bonds is 5. The maximum atomic E-state index is 5.34. The summed E-state index contributed by atoms with van der Waals surface area (Å²) < 4.78 is 9.93. The summed E-state index contributed by atoms with van der Waals surface area (Å²) >= 11 is 0. The zero-order chi connectivity index (χ0) is 13.7. The third-order valence-corrected chi connectivity index (χ3v) is 5.22. The van der Waals surface area contributed by atoms with Crippen molar-refractivity contribution in [2.45, 2.75) is 39.0 Å². The van der Waals surface area contributed by atoms with E-state index in [-0.39, 0.29) is 0 Å². The van der Waals surface area contributed by atoms with Crippen LogP contribution in [0.25, 0.3) is 0 Å². The fraction of sp³-hybridized carbons (Fsp3) is 0.765. The zero-order valence-electron chi connectivity index (χ0n) is 12.2. The number of hydrogen-bond donors (Lipinski definition) is 0. The molecule has 0 aromatic heterocycles. The molecule has 0 heterocycles. The zero-order valence-corrected chi connectivity index (χ0v) is 12.2. The minimum Gasteiger partial charge on any atom is -0.502 e. The Morgan fingerprint density at radius 1 is 0.947 bits per heavy atom. The molecular weight excluding hydrogens is 236 g/mol. The van der Waals surface area contributed by atoms with Crippen LogP contribution in [0.4, 0.5) is 0 Å². The van der Waals surface area contributed by atoms with Crippen molar-refractivity contribution in [3.63, 3.8) is 0 Å². The lowest BCUT2D eigenvalue weighted by molar-refractivity contribution is 0.189. The van der Waals surface area contributed by atoms with E-state index in [2.05, 4.69) is 17.9 Å². The van der Waals surface area contributed by atoms with Crippen molar-refractivity contribution in [2.75, 3.05) is 13.2 Å². The van der Waals surface area contributed by atoms with E-state index in [1.54, 1.807) is 12.7 Å². The van der Waals surface area contributed by atoms with E-state index in [1.165, 1.54) is 31.9 Å². The average Bonchev–Trinajstić information content (AvgIpc) is 3.10. The molecule has 0 aromatic carbocycles. The summed E-state index contributed by atoms with van der Waals surface area (Å²) in [4.78, 5) is 0. The number of hydrogen-bond acceptors (Lipinski definition) is 2. The van der Waals surface area contributed by atoms with Crippen LogP contribution in [-0.2, 0) is 9.47 Å². The molecule has 3 aliphatic rings. The quantitative estimate of drug-likeness (QED) is 0.686. The molecule has 3 aliphatic carbocycles. The van der Waals surface area contributed by atoms with E-state index in [9.17, 15) is 0 Å². The molecule has 0 N–H and O–H groups in total. The van der Waals surface area contributed by atoms with Crippen LogP contribution in [0.5, 0.6) is 0 Å². The largest absolute Gasteiger partial charge is 0.502 e. The van der Waals surface area contributed by atoms with Crippen molar-refractivity contribution in [1.82, 2.24) is 0 Å². The lowest BCUT2D eigenvalue weighted by Crippen LogP contribution is -2.15. The van der Waals surface area contributed by atoms with Crippen molar-refractivity contribution >= 4 is 0 Å². The van der Waals surface area contributed by atoms with Crippen molar-refractivity contribution in [3.05, 3.63) is 25.7 Å². The Kier molecular flexibility index (Phi) is 5.35. The van der Waals surface area contributed by atoms with Gasteiger partial charge in [-0.1, -0.05) is 13.2 Å². The van der Waals surface area contributed by atoms with E-state index >= 15 is 0 Å². The van der Waals surface area contributed by atoms with Gasteiger partial charge in [0.05, 0.1) is 25.7 Å². The van der Waals surface area contributed by atoms with Crippen molar-refractivity contribution in [1.29, 1.82) is 0 Å². The molecule has 2 bridgehead atoms. The normalized spacial score (nSPS) is 38.1. The molecule has 0 radical (unpaired) electrons. The smallest absolute Gasteiger partial charge is 0.0901 e. The van der Waals surface area contributed by atoms with E-state index in [0.717, 1.165) is 42.8 Å². The predicted octanol–water partition coefficient (Wildman–Crippen LogP) is 4.39. The van der Waals surface area contributed by atoms with E-state index in [4.69, 9.17) is 4.74 Å². The number of ether oxygens (including phenoxy) is 2. The summed E-state index contributed by atoms with van der Waals surface area (Å²) in [5, 5.41) is 0. The van der Waals surface area contributed by atoms with Crippen LogP contribution in [0.2, 0.25) is 0 Å². The first-order valence-electron chi connectivity index (χ1n) is 7.75. The molecule has 3 fully saturated rings. The maximum absolute atomic E-state index is 5.34. The SMILES string of the molecule is C=COCC.C=COCC1CC2C3CCC(C3)C2C1. The highest BCUT2D eigenvalue weighted by Crippen LogP contribution is 2.59. The highest BCUT2D eigenvalue weighted by Gasteiger charge is 2.51. The molecule has 4 unspecified atom stereocenters. The minimum absolute atomic E-state index is 0.726. The first-order chi connectivity index (χ1) is 9.30. The van der Waals surface area contributed by atoms with Crippen LogP contribution in [0.1, 0.15) is 39.0 Å². The summed E-state index contributed by atoms with van der Waals surface area (Å²) in [6, 6.07) is 0. The average molecular weight is 264 g/mol. The van der Waals surface area contributed by atoms with Gasteiger partial charge in [0, 0.05) is 0 Å². The third kappa shape index (κ3) is 3.34. The molecule has 19 heavy (non-hydrogen) atoms. The molecule has 0 spiro atoms. The molecule has 3 saturated carbocycles. The van der Waals surface area contributed by atoms with Crippen LogP contribution >= 0.6 is 0 Å². The number of fused-ring (bicyclic) bond motifs is 5. The summed E-state index contributed by atoms with van der Waals surface area (Å²) in [5.41, 5.74) is 0. The summed E-state index contributed by atoms with van der Waals surface area (Å²) in [5.74, 6) is 5.18. The fourth-order valence-corrected chi connectivity index (χ4v) is 4.59. The summed E-state index contributed by atoms with van der Waals surface area (Å²) in [6.45, 7) is 10.5. The van der Waals surface area contributed by atoms with Gasteiger partial charge in [-0.25, -0.2) is 0 Å². The van der Waals surface area contributed by atoms with E-state index in [1.807, 2.05) is 6.92 Å². The molecule has 2 nitrogen and oxygen atoms in total. The van der Waals surface area contributed by atoms with E-state index < -0.39 is 0 Å². The Balaban J connectivity index is 0.000000232. The Morgan fingerprint density at radius 2 is 1.53 bits per heavy atom. The van der Waals surface area contributed by atoms with Crippen molar-refractivity contribution in [2.24, 2.45) is 29.6 Å². The lowest BCUT2D eigenvalue weighted by atomic mass is 9.82. The molecule has 3 rings (SSSR count). The molecule has 0 saturated heterocycles. The van der Waals surface area contributed by atoms with Gasteiger partial charge in [-0.3, -0.25) is 0 Å². The monoisotopic (exact) mass is 264 g/mol. The Labute approximate surface area is 117 Å². The van der Waals surface area contributed by atoms with Gasteiger partial charge in [-0.15, -0.1) is 0 Å². The molecule has 0 amide bonds. The van der Waals surface area contributed by atoms with Gasteiger partial charge in [0.1, 0.15) is 0 Å². The van der Waals surface area contributed by atoms with Gasteiger partial charge >= 0.3 is 0 Å². The maximum Gasteiger partial charge on any atom is 0.0901 e. The highest BCUT2D eigenvalue weighted by atomic mass is 16.5. The molecule has 2 heteroatoms. The molecule has 108 valence electrons. The van der Waals surface area contributed by atoms with Crippen molar-refractivity contribution in [3.8, 4) is 0 Å². The summed E-state index contributed by atoms with van der Waals surface area (Å²) in [6.07, 6.45) is 10.5. The first-order valence-corrected chi connectivity index (χ1v) is 7.75. The fourth-order valence-electron chi connectivity index (χ4n) is 4.59. The van der Waals surface area contributed by atoms with Crippen molar-refractivity contribution < 1.29 is 9.47 Å². The predicted molar refractivity (Wildman–Crippen MR) is 78.5 cm³/mol. The Morgan fingerprint density at radius 3 is 1.95 bits per heavy atom. The lowest BCUT2D eigenvalue weighted by Gasteiger charge is -2.23. The van der Waals surface area contributed by atoms with Crippen LogP contribution in [0.3, 0.4) is 0 Å². The highest BCUT2D eigenvalue weighted by molar-refractivity contribution is 5.01. The van der Waals surface area contributed by atoms with Crippen LogP contribution < -0.4 is 0 Å². The second kappa shape index (κ2) is 7.02. The van der Waals surface area contributed by atoms with Gasteiger partial charge in [0.15, 0.2) is 0 Å². The Bertz CT molecular complexity index is 282. The first kappa shape index (κ1) is 14.5. The van der Waals surface area contributed by atoms with Crippen LogP contribution in [0, 0.1) is 29.6 Å². The van der Waals surface area contributed by atoms with Gasteiger partial charge in [-0.2, -0.15) is 0 Å². The third-order valence-electron chi connectivity index (χ3n) is 5.22. The molecular formula is C17H28O2. The second-order valence-corrected chi connectivity index (χ2v) is 6.12. The molecule has 0 aliphatic heterocycles. The van der Waals surface area contributed by atoms with Crippen LogP contribution in [0.15, 0.2) is 25.7 Å². The summed E-state index contributed by atoms with van der Waals surface area (Å²) in [7, 11) is 0. The standard InChI is InChI=1S/C13H20O.C4H8O/c1-2-14-8-9-5-12-10-3-4-11(7-10)13(12)6-9;1-3-5-4-2/h2,9-13H,1,3-8H2;3H,1,4H2,2H3. The van der Waals surface area contributed by atoms with E-state index in [0.29, 0.717) is 0 Å². The van der Waals surface area contributed by atoms with Crippen LogP contribution in [-0.4, -0.2) is 13.2 Å². The topological polar surface area (TPSA) is 18.5 Å². The molecule has 4 atom stereocenters. The second-order valence-electron chi connectivity index (χ2n) is 6.12. The van der Waals surface area contributed by atoms with Gasteiger partial charge in [-0.05, 0) is 68.6 Å². The van der Waals surface area contributed by atoms with Gasteiger partial charge < -0.3 is 9.47 Å². The Hall–Kier alpha value is -0.920.